The summed E-state index contributed by atoms with van der Waals surface area (Å²) in [4.78, 5) is 3.87. The van der Waals surface area contributed by atoms with Gasteiger partial charge in [0.05, 0.1) is 17.6 Å². The molecule has 1 rings (SSSR count). The molecule has 0 amide bonds. The highest BCUT2D eigenvalue weighted by atomic mass is 16.3. The van der Waals surface area contributed by atoms with E-state index in [1.54, 1.807) is 31.5 Å². The molecule has 0 aliphatic heterocycles. The van der Waals surface area contributed by atoms with Gasteiger partial charge in [0.2, 0.25) is 0 Å². The van der Waals surface area contributed by atoms with Crippen LogP contribution in [0.4, 0.5) is 0 Å². The summed E-state index contributed by atoms with van der Waals surface area (Å²) < 4.78 is 0. The molecule has 74 valence electrons. The molecule has 0 aliphatic rings. The number of hydrogen-bond donors (Lipinski definition) is 1. The maximum absolute atomic E-state index is 9.99. The Kier molecular flexibility index (Phi) is 3.21. The molecule has 3 nitrogen and oxygen atoms in total. The fourth-order valence-electron chi connectivity index (χ4n) is 1.25. The van der Waals surface area contributed by atoms with Crippen LogP contribution in [0, 0.1) is 16.7 Å². The molecule has 3 heteroatoms. The van der Waals surface area contributed by atoms with Gasteiger partial charge in [-0.15, -0.1) is 0 Å². The van der Waals surface area contributed by atoms with Gasteiger partial charge >= 0.3 is 0 Å². The monoisotopic (exact) mass is 190 g/mol. The van der Waals surface area contributed by atoms with E-state index in [1.807, 2.05) is 6.92 Å². The Hall–Kier alpha value is -1.40. The van der Waals surface area contributed by atoms with Crippen molar-refractivity contribution < 1.29 is 5.11 Å². The number of rotatable bonds is 3. The summed E-state index contributed by atoms with van der Waals surface area (Å²) >= 11 is 0. The summed E-state index contributed by atoms with van der Waals surface area (Å²) in [5.74, 6) is 0. The van der Waals surface area contributed by atoms with Crippen molar-refractivity contribution in [2.24, 2.45) is 5.41 Å². The van der Waals surface area contributed by atoms with Crippen molar-refractivity contribution in [3.05, 3.63) is 30.1 Å². The van der Waals surface area contributed by atoms with Gasteiger partial charge < -0.3 is 5.11 Å². The molecule has 2 unspecified atom stereocenters. The molecule has 0 aromatic carbocycles. The number of aliphatic hydroxyl groups excluding tert-OH is 1. The van der Waals surface area contributed by atoms with E-state index in [9.17, 15) is 5.11 Å². The Labute approximate surface area is 84.0 Å². The zero-order valence-electron chi connectivity index (χ0n) is 8.44. The summed E-state index contributed by atoms with van der Waals surface area (Å²) in [5, 5.41) is 19.0. The summed E-state index contributed by atoms with van der Waals surface area (Å²) in [7, 11) is 0. The predicted octanol–water partition coefficient (Wildman–Crippen LogP) is 2.05. The fourth-order valence-corrected chi connectivity index (χ4v) is 1.25. The zero-order chi connectivity index (χ0) is 10.6. The molecule has 0 aliphatic carbocycles. The second-order valence-electron chi connectivity index (χ2n) is 3.57. The first-order valence-electron chi connectivity index (χ1n) is 4.63. The van der Waals surface area contributed by atoms with Crippen LogP contribution in [0.25, 0.3) is 0 Å². The van der Waals surface area contributed by atoms with E-state index in [0.29, 0.717) is 6.42 Å². The van der Waals surface area contributed by atoms with Crippen molar-refractivity contribution in [1.29, 1.82) is 5.26 Å². The molecule has 1 heterocycles. The zero-order valence-corrected chi connectivity index (χ0v) is 8.44. The number of aliphatic hydroxyl groups is 1. The average Bonchev–Trinajstić information content (AvgIpc) is 2.28. The molecule has 0 bridgehead atoms. The van der Waals surface area contributed by atoms with E-state index in [2.05, 4.69) is 11.1 Å². The Morgan fingerprint density at radius 1 is 1.57 bits per heavy atom. The van der Waals surface area contributed by atoms with Crippen molar-refractivity contribution in [3.8, 4) is 6.07 Å². The van der Waals surface area contributed by atoms with E-state index >= 15 is 0 Å². The highest BCUT2D eigenvalue weighted by molar-refractivity contribution is 5.19. The van der Waals surface area contributed by atoms with Crippen molar-refractivity contribution in [3.63, 3.8) is 0 Å². The number of nitriles is 1. The molecule has 14 heavy (non-hydrogen) atoms. The minimum Gasteiger partial charge on any atom is -0.387 e. The summed E-state index contributed by atoms with van der Waals surface area (Å²) in [5.41, 5.74) is 0.0207. The van der Waals surface area contributed by atoms with Crippen LogP contribution in [0.1, 0.15) is 31.9 Å². The number of pyridine rings is 1. The third-order valence-electron chi connectivity index (χ3n) is 2.62. The number of hydrogen-bond acceptors (Lipinski definition) is 3. The van der Waals surface area contributed by atoms with Crippen LogP contribution in [-0.2, 0) is 0 Å². The van der Waals surface area contributed by atoms with E-state index in [-0.39, 0.29) is 0 Å². The van der Waals surface area contributed by atoms with Gasteiger partial charge in [-0.25, -0.2) is 0 Å². The Morgan fingerprint density at radius 2 is 2.14 bits per heavy atom. The largest absolute Gasteiger partial charge is 0.387 e. The minimum atomic E-state index is -0.750. The third kappa shape index (κ3) is 1.91. The van der Waals surface area contributed by atoms with Gasteiger partial charge in [0.15, 0.2) is 0 Å². The van der Waals surface area contributed by atoms with Crippen LogP contribution < -0.4 is 0 Å². The number of aromatic nitrogens is 1. The lowest BCUT2D eigenvalue weighted by molar-refractivity contribution is 0.0721. The lowest BCUT2D eigenvalue weighted by atomic mass is 9.80. The van der Waals surface area contributed by atoms with Crippen LogP contribution in [0.2, 0.25) is 0 Å². The molecule has 0 radical (unpaired) electrons. The molecule has 0 saturated heterocycles. The predicted molar refractivity (Wildman–Crippen MR) is 53.2 cm³/mol. The van der Waals surface area contributed by atoms with Crippen molar-refractivity contribution in [1.82, 2.24) is 4.98 Å². The fraction of sp³-hybridized carbons (Fsp3) is 0.455. The van der Waals surface area contributed by atoms with Crippen LogP contribution in [-0.4, -0.2) is 10.1 Å². The van der Waals surface area contributed by atoms with E-state index in [4.69, 9.17) is 5.26 Å². The Morgan fingerprint density at radius 3 is 2.57 bits per heavy atom. The SMILES string of the molecule is CCC(C)(C#N)C(O)c1ccncc1. The molecule has 0 spiro atoms. The van der Waals surface area contributed by atoms with Gasteiger partial charge in [-0.3, -0.25) is 4.98 Å². The summed E-state index contributed by atoms with van der Waals surface area (Å²) in [6.07, 6.45) is 3.10. The maximum Gasteiger partial charge on any atom is 0.0974 e. The highest BCUT2D eigenvalue weighted by Crippen LogP contribution is 2.35. The molecule has 2 atom stereocenters. The molecular formula is C11H14N2O. The molecule has 0 fully saturated rings. The first kappa shape index (κ1) is 10.7. The second kappa shape index (κ2) is 4.21. The minimum absolute atomic E-state index is 0.618. The van der Waals surface area contributed by atoms with E-state index in [0.717, 1.165) is 5.56 Å². The van der Waals surface area contributed by atoms with Crippen molar-refractivity contribution in [2.75, 3.05) is 0 Å². The maximum atomic E-state index is 9.99. The average molecular weight is 190 g/mol. The van der Waals surface area contributed by atoms with Gasteiger partial charge in [-0.05, 0) is 31.0 Å². The van der Waals surface area contributed by atoms with E-state index < -0.39 is 11.5 Å². The Bertz CT molecular complexity index is 331. The van der Waals surface area contributed by atoms with Crippen molar-refractivity contribution >= 4 is 0 Å². The van der Waals surface area contributed by atoms with Gasteiger partial charge in [0.25, 0.3) is 0 Å². The topological polar surface area (TPSA) is 56.9 Å². The molecule has 1 aromatic rings. The standard InChI is InChI=1S/C11H14N2O/c1-3-11(2,8-12)10(14)9-4-6-13-7-5-9/h4-7,10,14H,3H2,1-2H3. The van der Waals surface area contributed by atoms with E-state index in [1.165, 1.54) is 0 Å². The van der Waals surface area contributed by atoms with Crippen LogP contribution >= 0.6 is 0 Å². The molecule has 1 aromatic heterocycles. The van der Waals surface area contributed by atoms with Crippen LogP contribution in [0.3, 0.4) is 0 Å². The Balaban J connectivity index is 2.96. The molecular weight excluding hydrogens is 176 g/mol. The third-order valence-corrected chi connectivity index (χ3v) is 2.62. The van der Waals surface area contributed by atoms with Crippen LogP contribution in [0.5, 0.6) is 0 Å². The molecule has 0 saturated carbocycles. The first-order chi connectivity index (χ1) is 6.64. The lowest BCUT2D eigenvalue weighted by Gasteiger charge is -2.26. The molecule has 1 N–H and O–H groups in total. The lowest BCUT2D eigenvalue weighted by Crippen LogP contribution is -2.22. The van der Waals surface area contributed by atoms with Gasteiger partial charge in [-0.2, -0.15) is 5.26 Å². The number of nitrogens with zero attached hydrogens (tertiary/aromatic N) is 2. The summed E-state index contributed by atoms with van der Waals surface area (Å²) in [6.45, 7) is 3.66. The highest BCUT2D eigenvalue weighted by Gasteiger charge is 2.32. The van der Waals surface area contributed by atoms with Crippen molar-refractivity contribution in [2.45, 2.75) is 26.4 Å². The van der Waals surface area contributed by atoms with Gasteiger partial charge in [0.1, 0.15) is 0 Å². The first-order valence-corrected chi connectivity index (χ1v) is 4.63. The smallest absolute Gasteiger partial charge is 0.0974 e. The summed E-state index contributed by atoms with van der Waals surface area (Å²) in [6, 6.07) is 5.62. The second-order valence-corrected chi connectivity index (χ2v) is 3.57. The van der Waals surface area contributed by atoms with Crippen LogP contribution in [0.15, 0.2) is 24.5 Å². The van der Waals surface area contributed by atoms with Gasteiger partial charge in [0, 0.05) is 12.4 Å². The normalized spacial score (nSPS) is 16.7. The quantitative estimate of drug-likeness (QED) is 0.793. The van der Waals surface area contributed by atoms with Gasteiger partial charge in [-0.1, -0.05) is 6.92 Å².